The van der Waals surface area contributed by atoms with Crippen LogP contribution in [-0.4, -0.2) is 56.5 Å². The Hall–Kier alpha value is -1.34. The van der Waals surface area contributed by atoms with Gasteiger partial charge < -0.3 is 25.8 Å². The Morgan fingerprint density at radius 2 is 2.00 bits per heavy atom. The van der Waals surface area contributed by atoms with E-state index in [0.29, 0.717) is 26.0 Å². The van der Waals surface area contributed by atoms with E-state index in [2.05, 4.69) is 16.0 Å². The second-order valence-corrected chi connectivity index (χ2v) is 4.13. The zero-order chi connectivity index (χ0) is 14.5. The lowest BCUT2D eigenvalue weighted by molar-refractivity contribution is -0.139. The monoisotopic (exact) mass is 275 g/mol. The van der Waals surface area contributed by atoms with Gasteiger partial charge in [-0.2, -0.15) is 0 Å². The van der Waals surface area contributed by atoms with E-state index < -0.39 is 18.0 Å². The van der Waals surface area contributed by atoms with Crippen molar-refractivity contribution >= 4 is 12.0 Å². The zero-order valence-electron chi connectivity index (χ0n) is 11.7. The maximum Gasteiger partial charge on any atom is 0.326 e. The number of amides is 2. The van der Waals surface area contributed by atoms with E-state index >= 15 is 0 Å². The zero-order valence-corrected chi connectivity index (χ0v) is 11.7. The second-order valence-electron chi connectivity index (χ2n) is 4.13. The third-order valence-corrected chi connectivity index (χ3v) is 2.51. The first kappa shape index (κ1) is 17.7. The molecule has 0 saturated heterocycles. The first-order valence-corrected chi connectivity index (χ1v) is 6.58. The van der Waals surface area contributed by atoms with Gasteiger partial charge in [-0.25, -0.2) is 9.59 Å². The topological polar surface area (TPSA) is 99.7 Å². The number of carboxylic acids is 1. The van der Waals surface area contributed by atoms with Crippen LogP contribution >= 0.6 is 0 Å². The molecule has 0 radical (unpaired) electrons. The maximum absolute atomic E-state index is 11.5. The van der Waals surface area contributed by atoms with Crippen molar-refractivity contribution in [2.24, 2.45) is 0 Å². The summed E-state index contributed by atoms with van der Waals surface area (Å²) in [5, 5.41) is 17.2. The van der Waals surface area contributed by atoms with E-state index in [1.807, 2.05) is 6.92 Å². The molecule has 1 atom stereocenters. The summed E-state index contributed by atoms with van der Waals surface area (Å²) in [5.41, 5.74) is 0. The highest BCUT2D eigenvalue weighted by Crippen LogP contribution is 1.98. The number of nitrogens with one attached hydrogen (secondary N) is 3. The molecule has 0 saturated carbocycles. The van der Waals surface area contributed by atoms with E-state index in [4.69, 9.17) is 9.84 Å². The van der Waals surface area contributed by atoms with Crippen LogP contribution in [0.5, 0.6) is 0 Å². The molecule has 4 N–H and O–H groups in total. The predicted molar refractivity (Wildman–Crippen MR) is 72.2 cm³/mol. The van der Waals surface area contributed by atoms with E-state index in [0.717, 1.165) is 19.5 Å². The minimum absolute atomic E-state index is 0.355. The number of carboxylic acid groups (broad SMARTS) is 1. The lowest BCUT2D eigenvalue weighted by atomic mass is 10.1. The van der Waals surface area contributed by atoms with Crippen LogP contribution in [0.3, 0.4) is 0 Å². The van der Waals surface area contributed by atoms with Gasteiger partial charge in [0.25, 0.3) is 0 Å². The number of hydrogen-bond acceptors (Lipinski definition) is 4. The molecule has 0 spiro atoms. The van der Waals surface area contributed by atoms with Crippen LogP contribution in [0.2, 0.25) is 0 Å². The molecule has 0 aromatic carbocycles. The SMILES string of the molecule is CCNCCCNC(=O)NC(CCCOC)C(=O)O. The van der Waals surface area contributed by atoms with Crippen molar-refractivity contribution in [1.82, 2.24) is 16.0 Å². The van der Waals surface area contributed by atoms with E-state index in [-0.39, 0.29) is 0 Å². The van der Waals surface area contributed by atoms with Gasteiger partial charge >= 0.3 is 12.0 Å². The van der Waals surface area contributed by atoms with Crippen molar-refractivity contribution in [3.05, 3.63) is 0 Å². The van der Waals surface area contributed by atoms with Crippen molar-refractivity contribution in [3.63, 3.8) is 0 Å². The van der Waals surface area contributed by atoms with Gasteiger partial charge in [0.2, 0.25) is 0 Å². The number of aliphatic carboxylic acids is 1. The van der Waals surface area contributed by atoms with Crippen molar-refractivity contribution in [1.29, 1.82) is 0 Å². The molecular formula is C12H25N3O4. The Bertz CT molecular complexity index is 261. The smallest absolute Gasteiger partial charge is 0.326 e. The molecule has 0 aliphatic rings. The summed E-state index contributed by atoms with van der Waals surface area (Å²) in [7, 11) is 1.56. The van der Waals surface area contributed by atoms with Gasteiger partial charge in [-0.05, 0) is 32.4 Å². The fraction of sp³-hybridized carbons (Fsp3) is 0.833. The maximum atomic E-state index is 11.5. The van der Waals surface area contributed by atoms with Gasteiger partial charge in [0.1, 0.15) is 6.04 Å². The van der Waals surface area contributed by atoms with Gasteiger partial charge in [-0.3, -0.25) is 0 Å². The summed E-state index contributed by atoms with van der Waals surface area (Å²) in [6, 6.07) is -1.31. The molecule has 1 unspecified atom stereocenters. The minimum Gasteiger partial charge on any atom is -0.480 e. The number of urea groups is 1. The standard InChI is InChI=1S/C12H25N3O4/c1-3-13-7-5-8-14-12(18)15-10(11(16)17)6-4-9-19-2/h10,13H,3-9H2,1-2H3,(H,16,17)(H2,14,15,18). The van der Waals surface area contributed by atoms with Crippen molar-refractivity contribution in [3.8, 4) is 0 Å². The molecule has 0 bridgehead atoms. The molecule has 0 aromatic rings. The van der Waals surface area contributed by atoms with Crippen LogP contribution in [0, 0.1) is 0 Å². The number of methoxy groups -OCH3 is 1. The summed E-state index contributed by atoms with van der Waals surface area (Å²) in [6.07, 6.45) is 1.75. The average molecular weight is 275 g/mol. The molecule has 0 aromatic heterocycles. The minimum atomic E-state index is -1.03. The lowest BCUT2D eigenvalue weighted by Crippen LogP contribution is -2.46. The summed E-state index contributed by atoms with van der Waals surface area (Å²) >= 11 is 0. The molecule has 0 rings (SSSR count). The average Bonchev–Trinajstić information content (AvgIpc) is 2.37. The summed E-state index contributed by atoms with van der Waals surface area (Å²) in [6.45, 7) is 4.73. The number of carbonyl (C=O) groups is 2. The molecule has 0 heterocycles. The van der Waals surface area contributed by atoms with E-state index in [1.165, 1.54) is 0 Å². The third-order valence-electron chi connectivity index (χ3n) is 2.51. The highest BCUT2D eigenvalue weighted by Gasteiger charge is 2.18. The molecule has 7 heteroatoms. The highest BCUT2D eigenvalue weighted by molar-refractivity contribution is 5.82. The van der Waals surface area contributed by atoms with Crippen LogP contribution in [0.1, 0.15) is 26.2 Å². The Labute approximate surface area is 114 Å². The van der Waals surface area contributed by atoms with Gasteiger partial charge in [0.15, 0.2) is 0 Å². The highest BCUT2D eigenvalue weighted by atomic mass is 16.5. The van der Waals surface area contributed by atoms with Crippen LogP contribution in [0.4, 0.5) is 4.79 Å². The Morgan fingerprint density at radius 3 is 2.58 bits per heavy atom. The van der Waals surface area contributed by atoms with E-state index in [1.54, 1.807) is 7.11 Å². The normalized spacial score (nSPS) is 11.9. The molecule has 7 nitrogen and oxygen atoms in total. The third kappa shape index (κ3) is 10.3. The quantitative estimate of drug-likeness (QED) is 0.403. The molecule has 0 aliphatic carbocycles. The molecule has 0 aliphatic heterocycles. The fourth-order valence-corrected chi connectivity index (χ4v) is 1.49. The van der Waals surface area contributed by atoms with Gasteiger partial charge in [-0.15, -0.1) is 0 Å². The van der Waals surface area contributed by atoms with Gasteiger partial charge in [0.05, 0.1) is 0 Å². The molecule has 112 valence electrons. The molecule has 0 fully saturated rings. The Kier molecular flexibility index (Phi) is 10.9. The predicted octanol–water partition coefficient (Wildman–Crippen LogP) is 0.165. The van der Waals surface area contributed by atoms with Crippen LogP contribution < -0.4 is 16.0 Å². The molecule has 19 heavy (non-hydrogen) atoms. The first-order chi connectivity index (χ1) is 9.11. The van der Waals surface area contributed by atoms with Crippen molar-refractivity contribution in [2.75, 3.05) is 33.4 Å². The summed E-state index contributed by atoms with van der Waals surface area (Å²) in [4.78, 5) is 22.4. The number of rotatable bonds is 11. The molecular weight excluding hydrogens is 250 g/mol. The summed E-state index contributed by atoms with van der Waals surface area (Å²) in [5.74, 6) is -1.03. The van der Waals surface area contributed by atoms with Gasteiger partial charge in [-0.1, -0.05) is 6.92 Å². The Morgan fingerprint density at radius 1 is 1.26 bits per heavy atom. The first-order valence-electron chi connectivity index (χ1n) is 6.58. The van der Waals surface area contributed by atoms with Crippen molar-refractivity contribution < 1.29 is 19.4 Å². The van der Waals surface area contributed by atoms with Crippen LogP contribution in [0.15, 0.2) is 0 Å². The largest absolute Gasteiger partial charge is 0.480 e. The summed E-state index contributed by atoms with van der Waals surface area (Å²) < 4.78 is 4.85. The van der Waals surface area contributed by atoms with Crippen molar-refractivity contribution in [2.45, 2.75) is 32.2 Å². The van der Waals surface area contributed by atoms with Gasteiger partial charge in [0, 0.05) is 20.3 Å². The second kappa shape index (κ2) is 11.7. The van der Waals surface area contributed by atoms with Crippen LogP contribution in [-0.2, 0) is 9.53 Å². The number of ether oxygens (including phenoxy) is 1. The Balaban J connectivity index is 3.80. The number of hydrogen-bond donors (Lipinski definition) is 4. The fourth-order valence-electron chi connectivity index (χ4n) is 1.49. The number of carbonyl (C=O) groups excluding carboxylic acids is 1. The molecule has 2 amide bonds. The lowest BCUT2D eigenvalue weighted by Gasteiger charge is -2.15. The van der Waals surface area contributed by atoms with E-state index in [9.17, 15) is 9.59 Å². The van der Waals surface area contributed by atoms with Crippen LogP contribution in [0.25, 0.3) is 0 Å².